The van der Waals surface area contributed by atoms with Gasteiger partial charge >= 0.3 is 12.1 Å². The van der Waals surface area contributed by atoms with Gasteiger partial charge in [-0.25, -0.2) is 0 Å². The highest BCUT2D eigenvalue weighted by Gasteiger charge is 2.27. The monoisotopic (exact) mass is 215 g/mol. The van der Waals surface area contributed by atoms with Crippen molar-refractivity contribution >= 4 is 5.97 Å². The zero-order valence-corrected chi connectivity index (χ0v) is 7.67. The van der Waals surface area contributed by atoms with Gasteiger partial charge in [-0.15, -0.1) is 0 Å². The van der Waals surface area contributed by atoms with E-state index in [2.05, 4.69) is 4.74 Å². The largest absolute Gasteiger partial charge is 0.480 e. The fourth-order valence-electron chi connectivity index (χ4n) is 0.718. The third-order valence-corrected chi connectivity index (χ3v) is 1.29. The lowest BCUT2D eigenvalue weighted by Crippen LogP contribution is -2.30. The fraction of sp³-hybridized carbons (Fsp3) is 0.857. The predicted molar refractivity (Wildman–Crippen MR) is 42.0 cm³/mol. The number of aliphatic carboxylic acids is 1. The Balaban J connectivity index is 3.41. The van der Waals surface area contributed by atoms with Gasteiger partial charge in [0.05, 0.1) is 13.2 Å². The van der Waals surface area contributed by atoms with Crippen molar-refractivity contribution < 1.29 is 27.8 Å². The van der Waals surface area contributed by atoms with Crippen LogP contribution < -0.4 is 0 Å². The molecule has 1 N–H and O–H groups in total. The Labute approximate surface area is 79.3 Å². The molecule has 0 saturated carbocycles. The minimum atomic E-state index is -4.33. The first-order chi connectivity index (χ1) is 6.31. The molecular formula is C7H12F3NO3. The van der Waals surface area contributed by atoms with Crippen molar-refractivity contribution in [2.75, 3.05) is 33.4 Å². The molecule has 14 heavy (non-hydrogen) atoms. The second kappa shape index (κ2) is 5.82. The summed E-state index contributed by atoms with van der Waals surface area (Å²) < 4.78 is 39.0. The second-order valence-electron chi connectivity index (χ2n) is 2.80. The molecule has 0 aliphatic carbocycles. The van der Waals surface area contributed by atoms with Crippen LogP contribution in [0.25, 0.3) is 0 Å². The van der Waals surface area contributed by atoms with Gasteiger partial charge in [0.2, 0.25) is 0 Å². The van der Waals surface area contributed by atoms with Crippen LogP contribution in [0.4, 0.5) is 13.2 Å². The molecule has 0 bridgehead atoms. The third-order valence-electron chi connectivity index (χ3n) is 1.29. The Kier molecular flexibility index (Phi) is 5.47. The number of ether oxygens (including phenoxy) is 1. The normalized spacial score (nSPS) is 12.1. The molecule has 0 spiro atoms. The van der Waals surface area contributed by atoms with E-state index in [-0.39, 0.29) is 19.7 Å². The van der Waals surface area contributed by atoms with Crippen molar-refractivity contribution in [2.45, 2.75) is 6.18 Å². The van der Waals surface area contributed by atoms with Crippen LogP contribution in [0.1, 0.15) is 0 Å². The number of halogens is 3. The number of likely N-dealkylation sites (N-methyl/N-ethyl adjacent to an activating group) is 1. The molecule has 7 heteroatoms. The highest BCUT2D eigenvalue weighted by Crippen LogP contribution is 2.13. The van der Waals surface area contributed by atoms with Crippen molar-refractivity contribution in [2.24, 2.45) is 0 Å². The van der Waals surface area contributed by atoms with Gasteiger partial charge in [-0.2, -0.15) is 13.2 Å². The van der Waals surface area contributed by atoms with Crippen LogP contribution in [0.15, 0.2) is 0 Å². The average molecular weight is 215 g/mol. The average Bonchev–Trinajstić information content (AvgIpc) is 1.95. The summed E-state index contributed by atoms with van der Waals surface area (Å²) in [5.41, 5.74) is 0. The van der Waals surface area contributed by atoms with Gasteiger partial charge in [-0.1, -0.05) is 0 Å². The molecule has 0 aromatic rings. The Bertz CT molecular complexity index is 184. The first kappa shape index (κ1) is 13.2. The summed E-state index contributed by atoms with van der Waals surface area (Å²) >= 11 is 0. The molecule has 0 unspecified atom stereocenters. The van der Waals surface area contributed by atoms with E-state index >= 15 is 0 Å². The Morgan fingerprint density at radius 3 is 2.50 bits per heavy atom. The zero-order valence-electron chi connectivity index (χ0n) is 7.67. The molecule has 0 saturated heterocycles. The zero-order chi connectivity index (χ0) is 11.2. The summed E-state index contributed by atoms with van der Waals surface area (Å²) in [6, 6.07) is 0. The van der Waals surface area contributed by atoms with Crippen LogP contribution >= 0.6 is 0 Å². The molecular weight excluding hydrogens is 203 g/mol. The molecule has 84 valence electrons. The smallest absolute Gasteiger partial charge is 0.411 e. The maximum Gasteiger partial charge on any atom is 0.411 e. The number of alkyl halides is 3. The number of carboxylic acids is 1. The topological polar surface area (TPSA) is 49.8 Å². The lowest BCUT2D eigenvalue weighted by atomic mass is 10.5. The number of rotatable bonds is 6. The molecule has 0 fully saturated rings. The van der Waals surface area contributed by atoms with Crippen molar-refractivity contribution in [3.8, 4) is 0 Å². The van der Waals surface area contributed by atoms with Crippen LogP contribution in [-0.2, 0) is 9.53 Å². The molecule has 0 aromatic carbocycles. The van der Waals surface area contributed by atoms with Crippen LogP contribution in [0, 0.1) is 0 Å². The van der Waals surface area contributed by atoms with E-state index in [1.807, 2.05) is 0 Å². The number of carboxylic acid groups (broad SMARTS) is 1. The van der Waals surface area contributed by atoms with Gasteiger partial charge in [0.25, 0.3) is 0 Å². The number of nitrogens with zero attached hydrogens (tertiary/aromatic N) is 1. The maximum atomic E-state index is 11.6. The molecule has 0 aliphatic heterocycles. The van der Waals surface area contributed by atoms with E-state index in [4.69, 9.17) is 5.11 Å². The van der Waals surface area contributed by atoms with E-state index in [9.17, 15) is 18.0 Å². The number of carbonyl (C=O) groups is 1. The lowest BCUT2D eigenvalue weighted by molar-refractivity contribution is -0.174. The van der Waals surface area contributed by atoms with Gasteiger partial charge < -0.3 is 9.84 Å². The van der Waals surface area contributed by atoms with E-state index in [0.717, 1.165) is 0 Å². The quantitative estimate of drug-likeness (QED) is 0.658. The molecule has 0 amide bonds. The van der Waals surface area contributed by atoms with Gasteiger partial charge in [0.15, 0.2) is 0 Å². The molecule has 0 rings (SSSR count). The minimum Gasteiger partial charge on any atom is -0.480 e. The van der Waals surface area contributed by atoms with Crippen LogP contribution in [0.3, 0.4) is 0 Å². The molecule has 0 atom stereocenters. The van der Waals surface area contributed by atoms with Gasteiger partial charge in [-0.05, 0) is 7.05 Å². The van der Waals surface area contributed by atoms with E-state index in [1.54, 1.807) is 0 Å². The van der Waals surface area contributed by atoms with E-state index in [1.165, 1.54) is 11.9 Å². The third kappa shape index (κ3) is 9.27. The van der Waals surface area contributed by atoms with Gasteiger partial charge in [0, 0.05) is 6.54 Å². The van der Waals surface area contributed by atoms with Crippen LogP contribution in [0.2, 0.25) is 0 Å². The standard InChI is InChI=1S/C7H12F3NO3/c1-11(4-6(12)13)2-3-14-5-7(8,9)10/h2-5H2,1H3,(H,12,13). The molecule has 0 heterocycles. The predicted octanol–water partition coefficient (Wildman–Crippen LogP) is 0.582. The van der Waals surface area contributed by atoms with Crippen molar-refractivity contribution in [3.63, 3.8) is 0 Å². The Hall–Kier alpha value is -0.820. The molecule has 4 nitrogen and oxygen atoms in total. The molecule has 0 aliphatic rings. The first-order valence-electron chi connectivity index (χ1n) is 3.86. The Morgan fingerprint density at radius 2 is 2.07 bits per heavy atom. The summed E-state index contributed by atoms with van der Waals surface area (Å²) in [5.74, 6) is -1.02. The van der Waals surface area contributed by atoms with Crippen molar-refractivity contribution in [1.82, 2.24) is 4.90 Å². The van der Waals surface area contributed by atoms with E-state index in [0.29, 0.717) is 0 Å². The summed E-state index contributed by atoms with van der Waals surface area (Å²) in [5, 5.41) is 8.31. The number of hydrogen-bond donors (Lipinski definition) is 1. The second-order valence-corrected chi connectivity index (χ2v) is 2.80. The maximum absolute atomic E-state index is 11.6. The van der Waals surface area contributed by atoms with Crippen molar-refractivity contribution in [3.05, 3.63) is 0 Å². The minimum absolute atomic E-state index is 0.136. The fourth-order valence-corrected chi connectivity index (χ4v) is 0.718. The van der Waals surface area contributed by atoms with Crippen LogP contribution in [0.5, 0.6) is 0 Å². The lowest BCUT2D eigenvalue weighted by Gasteiger charge is -2.14. The highest BCUT2D eigenvalue weighted by atomic mass is 19.4. The highest BCUT2D eigenvalue weighted by molar-refractivity contribution is 5.68. The molecule has 0 aromatic heterocycles. The van der Waals surface area contributed by atoms with E-state index < -0.39 is 18.8 Å². The number of hydrogen-bond acceptors (Lipinski definition) is 3. The van der Waals surface area contributed by atoms with Gasteiger partial charge in [0.1, 0.15) is 6.61 Å². The van der Waals surface area contributed by atoms with Crippen molar-refractivity contribution in [1.29, 1.82) is 0 Å². The van der Waals surface area contributed by atoms with Crippen LogP contribution in [-0.4, -0.2) is 55.5 Å². The summed E-state index contributed by atoms with van der Waals surface area (Å²) in [6.45, 7) is -1.49. The SMILES string of the molecule is CN(CCOCC(F)(F)F)CC(=O)O. The summed E-state index contributed by atoms with van der Waals surface area (Å²) in [7, 11) is 1.49. The summed E-state index contributed by atoms with van der Waals surface area (Å²) in [4.78, 5) is 11.5. The van der Waals surface area contributed by atoms with Gasteiger partial charge in [-0.3, -0.25) is 9.69 Å². The first-order valence-corrected chi connectivity index (χ1v) is 3.86. The summed E-state index contributed by atoms with van der Waals surface area (Å²) in [6.07, 6.45) is -4.33. The molecule has 0 radical (unpaired) electrons. The Morgan fingerprint density at radius 1 is 1.50 bits per heavy atom.